The van der Waals surface area contributed by atoms with Crippen LogP contribution in [0.4, 0.5) is 8.78 Å². The van der Waals surface area contributed by atoms with E-state index in [0.717, 1.165) is 6.20 Å². The lowest BCUT2D eigenvalue weighted by molar-refractivity contribution is -0.142. The maximum Gasteiger partial charge on any atom is 0.587 e. The summed E-state index contributed by atoms with van der Waals surface area (Å²) in [5.41, 5.74) is -0.683. The summed E-state index contributed by atoms with van der Waals surface area (Å²) in [5.74, 6) is -4.76. The van der Waals surface area contributed by atoms with E-state index in [4.69, 9.17) is 23.0 Å². The maximum absolute atomic E-state index is 15.9. The van der Waals surface area contributed by atoms with Gasteiger partial charge in [0, 0.05) is 11.9 Å². The van der Waals surface area contributed by atoms with Gasteiger partial charge in [0.15, 0.2) is 6.10 Å². The average molecular weight is 598 g/mol. The Morgan fingerprint density at radius 1 is 0.929 bits per heavy atom. The molecule has 0 radical (unpaired) electrons. The van der Waals surface area contributed by atoms with E-state index in [0.29, 0.717) is 10.3 Å². The molecule has 0 aliphatic carbocycles. The number of hydrogen-bond acceptors (Lipinski definition) is 9. The Bertz CT molecular complexity index is 1580. The summed E-state index contributed by atoms with van der Waals surface area (Å²) < 4.78 is 73.6. The van der Waals surface area contributed by atoms with Gasteiger partial charge in [-0.25, -0.2) is 14.2 Å². The van der Waals surface area contributed by atoms with Crippen LogP contribution in [0.15, 0.2) is 108 Å². The molecule has 0 saturated carbocycles. The molecule has 218 valence electrons. The molecule has 0 unspecified atom stereocenters. The highest BCUT2D eigenvalue weighted by molar-refractivity contribution is 7.49. The molecule has 3 aromatic carbocycles. The first kappa shape index (κ1) is 29.1. The maximum atomic E-state index is 15.9. The molecule has 13 heteroatoms. The number of phosphoric acid groups is 1. The number of rotatable bonds is 10. The van der Waals surface area contributed by atoms with Crippen LogP contribution in [-0.2, 0) is 18.6 Å². The Hall–Kier alpha value is -4.38. The van der Waals surface area contributed by atoms with Crippen LogP contribution in [0.2, 0.25) is 0 Å². The zero-order valence-corrected chi connectivity index (χ0v) is 23.0. The number of esters is 1. The van der Waals surface area contributed by atoms with Gasteiger partial charge in [0.1, 0.15) is 17.6 Å². The van der Waals surface area contributed by atoms with Gasteiger partial charge in [0.2, 0.25) is 6.23 Å². The van der Waals surface area contributed by atoms with E-state index in [1.165, 1.54) is 49.4 Å². The molecular weight excluding hydrogens is 573 g/mol. The molecule has 4 aromatic rings. The number of hydrogen-bond donors (Lipinski definition) is 0. The molecule has 1 aliphatic heterocycles. The molecule has 42 heavy (non-hydrogen) atoms. The SMILES string of the molecule is Cc1ccn([C@@H]2O[C@H](COP(=O)(Oc3ccccc3)Oc3ccccc3)[C@@H](OC(=O)c3ccccc3)C2(F)F)c(=O)n1. The van der Waals surface area contributed by atoms with E-state index in [1.54, 1.807) is 54.6 Å². The zero-order valence-electron chi connectivity index (χ0n) is 22.1. The fourth-order valence-corrected chi connectivity index (χ4v) is 5.37. The van der Waals surface area contributed by atoms with Crippen LogP contribution in [-0.4, -0.2) is 40.3 Å². The molecule has 1 aromatic heterocycles. The van der Waals surface area contributed by atoms with Crippen LogP contribution in [0.1, 0.15) is 22.3 Å². The predicted molar refractivity (Wildman–Crippen MR) is 145 cm³/mol. The number of aromatic nitrogens is 2. The molecule has 0 N–H and O–H groups in total. The Labute approximate surface area is 239 Å². The largest absolute Gasteiger partial charge is 0.587 e. The smallest absolute Gasteiger partial charge is 0.449 e. The molecule has 2 heterocycles. The van der Waals surface area contributed by atoms with Gasteiger partial charge in [-0.3, -0.25) is 9.09 Å². The first-order chi connectivity index (χ1) is 20.1. The summed E-state index contributed by atoms with van der Waals surface area (Å²) in [6, 6.07) is 24.8. The van der Waals surface area contributed by atoms with Crippen LogP contribution in [0.3, 0.4) is 0 Å². The number of halogens is 2. The normalized spacial score (nSPS) is 19.6. The molecular formula is C29H25F2N2O8P. The number of benzene rings is 3. The Kier molecular flexibility index (Phi) is 8.49. The summed E-state index contributed by atoms with van der Waals surface area (Å²) in [6.45, 7) is 0.696. The standard InChI is InChI=1S/C29H25F2N2O8P/c1-20-17-18-33(28(35)32-20)27-29(30,31)25(39-26(34)21-11-5-2-6-12-21)24(38-27)19-37-42(36,40-22-13-7-3-8-14-22)41-23-15-9-4-10-16-23/h2-18,24-25,27H,19H2,1H3/t24-,25-,27-/m1/s1. The molecule has 10 nitrogen and oxygen atoms in total. The predicted octanol–water partition coefficient (Wildman–Crippen LogP) is 5.59. The van der Waals surface area contributed by atoms with E-state index in [1.807, 2.05) is 0 Å². The van der Waals surface area contributed by atoms with Crippen molar-refractivity contribution in [3.8, 4) is 11.5 Å². The van der Waals surface area contributed by atoms with E-state index in [-0.39, 0.29) is 17.1 Å². The second kappa shape index (κ2) is 12.2. The van der Waals surface area contributed by atoms with E-state index >= 15 is 8.78 Å². The van der Waals surface area contributed by atoms with E-state index in [2.05, 4.69) is 4.98 Å². The van der Waals surface area contributed by atoms with E-state index < -0.39 is 50.4 Å². The average Bonchev–Trinajstić information content (AvgIpc) is 3.22. The van der Waals surface area contributed by atoms with Crippen molar-refractivity contribution in [3.05, 3.63) is 125 Å². The Morgan fingerprint density at radius 3 is 2.02 bits per heavy atom. The van der Waals surface area contributed by atoms with Crippen molar-refractivity contribution < 1.29 is 41.2 Å². The lowest BCUT2D eigenvalue weighted by Crippen LogP contribution is -2.44. The number of nitrogens with zero attached hydrogens (tertiary/aromatic N) is 2. The minimum Gasteiger partial charge on any atom is -0.449 e. The Morgan fingerprint density at radius 2 is 1.48 bits per heavy atom. The van der Waals surface area contributed by atoms with Crippen molar-refractivity contribution in [2.75, 3.05) is 6.61 Å². The zero-order chi connectivity index (χ0) is 29.7. The van der Waals surface area contributed by atoms with Crippen molar-refractivity contribution in [1.82, 2.24) is 9.55 Å². The van der Waals surface area contributed by atoms with E-state index in [9.17, 15) is 14.2 Å². The van der Waals surface area contributed by atoms with Crippen LogP contribution in [0.25, 0.3) is 0 Å². The number of carbonyl (C=O) groups is 1. The first-order valence-corrected chi connectivity index (χ1v) is 14.2. The highest BCUT2D eigenvalue weighted by Crippen LogP contribution is 2.51. The topological polar surface area (TPSA) is 115 Å². The molecule has 1 aliphatic rings. The third-order valence-electron chi connectivity index (χ3n) is 6.13. The van der Waals surface area contributed by atoms with Crippen molar-refractivity contribution in [3.63, 3.8) is 0 Å². The van der Waals surface area contributed by atoms with Gasteiger partial charge in [-0.15, -0.1) is 0 Å². The third-order valence-corrected chi connectivity index (χ3v) is 7.47. The highest BCUT2D eigenvalue weighted by Gasteiger charge is 2.63. The van der Waals surface area contributed by atoms with Crippen molar-refractivity contribution in [2.45, 2.75) is 31.3 Å². The van der Waals surface area contributed by atoms with Gasteiger partial charge < -0.3 is 18.5 Å². The van der Waals surface area contributed by atoms with Crippen molar-refractivity contribution in [2.24, 2.45) is 0 Å². The summed E-state index contributed by atoms with van der Waals surface area (Å²) >= 11 is 0. The molecule has 3 atom stereocenters. The molecule has 0 spiro atoms. The highest BCUT2D eigenvalue weighted by atomic mass is 31.2. The third kappa shape index (κ3) is 6.57. The van der Waals surface area contributed by atoms with Crippen LogP contribution in [0.5, 0.6) is 11.5 Å². The second-order valence-corrected chi connectivity index (χ2v) is 10.7. The van der Waals surface area contributed by atoms with Crippen LogP contribution < -0.4 is 14.7 Å². The number of para-hydroxylation sites is 2. The summed E-state index contributed by atoms with van der Waals surface area (Å²) in [5, 5.41) is 0. The van der Waals surface area contributed by atoms with Gasteiger partial charge in [-0.1, -0.05) is 54.6 Å². The monoisotopic (exact) mass is 598 g/mol. The fourth-order valence-electron chi connectivity index (χ4n) is 4.14. The Balaban J connectivity index is 1.45. The lowest BCUT2D eigenvalue weighted by Gasteiger charge is -2.25. The molecule has 5 rings (SSSR count). The number of phosphoric ester groups is 1. The second-order valence-electron chi connectivity index (χ2n) is 9.20. The summed E-state index contributed by atoms with van der Waals surface area (Å²) in [4.78, 5) is 29.0. The van der Waals surface area contributed by atoms with Crippen LogP contribution >= 0.6 is 7.82 Å². The quantitative estimate of drug-likeness (QED) is 0.170. The first-order valence-electron chi connectivity index (χ1n) is 12.7. The molecule has 0 bridgehead atoms. The van der Waals surface area contributed by atoms with Crippen molar-refractivity contribution in [1.29, 1.82) is 0 Å². The summed E-state index contributed by atoms with van der Waals surface area (Å²) in [7, 11) is -4.53. The fraction of sp³-hybridized carbons (Fsp3) is 0.207. The number of alkyl halides is 2. The minimum atomic E-state index is -4.53. The van der Waals surface area contributed by atoms with Gasteiger partial charge in [-0.2, -0.15) is 13.8 Å². The minimum absolute atomic E-state index is 0.0103. The molecule has 0 amide bonds. The lowest BCUT2D eigenvalue weighted by atomic mass is 10.1. The van der Waals surface area contributed by atoms with Gasteiger partial charge >= 0.3 is 25.4 Å². The molecule has 1 saturated heterocycles. The number of aryl methyl sites for hydroxylation is 1. The molecule has 1 fully saturated rings. The number of carbonyl (C=O) groups excluding carboxylic acids is 1. The summed E-state index contributed by atoms with van der Waals surface area (Å²) in [6.07, 6.45) is -5.09. The van der Waals surface area contributed by atoms with Gasteiger partial charge in [-0.05, 0) is 49.4 Å². The van der Waals surface area contributed by atoms with Crippen LogP contribution in [0, 0.1) is 6.92 Å². The van der Waals surface area contributed by atoms with Gasteiger partial charge in [0.05, 0.1) is 12.2 Å². The van der Waals surface area contributed by atoms with Crippen molar-refractivity contribution >= 4 is 13.8 Å². The number of ether oxygens (including phenoxy) is 2. The van der Waals surface area contributed by atoms with Gasteiger partial charge in [0.25, 0.3) is 0 Å².